The summed E-state index contributed by atoms with van der Waals surface area (Å²) in [6.45, 7) is 0.737. The van der Waals surface area contributed by atoms with Crippen LogP contribution in [-0.2, 0) is 14.8 Å². The summed E-state index contributed by atoms with van der Waals surface area (Å²) in [5.74, 6) is 0.0519. The molecule has 1 atom stereocenters. The number of carbonyl (C=O) groups excluding carboxylic acids is 1. The average molecular weight is 284 g/mol. The number of methoxy groups -OCH3 is 1. The Kier molecular flexibility index (Phi) is 4.06. The second-order valence-corrected chi connectivity index (χ2v) is 5.98. The first-order chi connectivity index (χ1) is 9.03. The maximum Gasteiger partial charge on any atom is 0.264 e. The summed E-state index contributed by atoms with van der Waals surface area (Å²) in [6.07, 6.45) is 1.53. The van der Waals surface area contributed by atoms with E-state index in [2.05, 4.69) is 10.0 Å². The monoisotopic (exact) mass is 284 g/mol. The molecule has 0 aliphatic carbocycles. The molecule has 0 saturated carbocycles. The van der Waals surface area contributed by atoms with Gasteiger partial charge < -0.3 is 10.1 Å². The molecule has 0 radical (unpaired) electrons. The Hall–Kier alpha value is -1.60. The van der Waals surface area contributed by atoms with Crippen molar-refractivity contribution in [3.05, 3.63) is 24.3 Å². The second-order valence-electron chi connectivity index (χ2n) is 4.29. The van der Waals surface area contributed by atoms with Crippen molar-refractivity contribution in [1.82, 2.24) is 10.0 Å². The van der Waals surface area contributed by atoms with Gasteiger partial charge in [0, 0.05) is 0 Å². The van der Waals surface area contributed by atoms with E-state index < -0.39 is 22.0 Å². The minimum absolute atomic E-state index is 0.0413. The van der Waals surface area contributed by atoms with Crippen LogP contribution in [0.3, 0.4) is 0 Å². The van der Waals surface area contributed by atoms with Crippen molar-refractivity contribution in [3.8, 4) is 5.75 Å². The predicted molar refractivity (Wildman–Crippen MR) is 69.3 cm³/mol. The summed E-state index contributed by atoms with van der Waals surface area (Å²) in [5.41, 5.74) is 0. The van der Waals surface area contributed by atoms with Gasteiger partial charge in [-0.1, -0.05) is 0 Å². The van der Waals surface area contributed by atoms with E-state index in [1.54, 1.807) is 0 Å². The lowest BCUT2D eigenvalue weighted by atomic mass is 10.2. The third-order valence-corrected chi connectivity index (χ3v) is 4.34. The van der Waals surface area contributed by atoms with Crippen LogP contribution in [0, 0.1) is 0 Å². The van der Waals surface area contributed by atoms with Crippen molar-refractivity contribution >= 4 is 15.9 Å². The lowest BCUT2D eigenvalue weighted by Crippen LogP contribution is -2.43. The van der Waals surface area contributed by atoms with E-state index >= 15 is 0 Å². The van der Waals surface area contributed by atoms with Gasteiger partial charge in [0.2, 0.25) is 0 Å². The highest BCUT2D eigenvalue weighted by atomic mass is 32.2. The van der Waals surface area contributed by atoms with Gasteiger partial charge in [0.25, 0.3) is 15.9 Å². The number of rotatable bonds is 4. The van der Waals surface area contributed by atoms with Gasteiger partial charge >= 0.3 is 0 Å². The number of nitrogens with one attached hydrogen (secondary N) is 2. The molecule has 1 aromatic rings. The second kappa shape index (κ2) is 5.58. The summed E-state index contributed by atoms with van der Waals surface area (Å²) < 4.78 is 31.0. The predicted octanol–water partition coefficient (Wildman–Crippen LogP) is 0.252. The Labute approximate surface area is 112 Å². The molecule has 1 aromatic carbocycles. The average Bonchev–Trinajstić information content (AvgIpc) is 2.92. The first-order valence-electron chi connectivity index (χ1n) is 5.97. The lowest BCUT2D eigenvalue weighted by Gasteiger charge is -2.11. The molecule has 104 valence electrons. The van der Waals surface area contributed by atoms with E-state index in [4.69, 9.17) is 4.74 Å². The SMILES string of the molecule is COc1ccc(S(=O)(=O)NC(=O)[C@@H]2CCCN2)cc1. The van der Waals surface area contributed by atoms with Gasteiger partial charge in [-0.25, -0.2) is 13.1 Å². The highest BCUT2D eigenvalue weighted by molar-refractivity contribution is 7.90. The van der Waals surface area contributed by atoms with Crippen LogP contribution in [0.1, 0.15) is 12.8 Å². The molecule has 1 heterocycles. The van der Waals surface area contributed by atoms with Crippen LogP contribution in [-0.4, -0.2) is 34.0 Å². The number of hydrogen-bond acceptors (Lipinski definition) is 5. The van der Waals surface area contributed by atoms with Crippen LogP contribution in [0.25, 0.3) is 0 Å². The zero-order valence-corrected chi connectivity index (χ0v) is 11.4. The molecule has 1 aliphatic rings. The highest BCUT2D eigenvalue weighted by Crippen LogP contribution is 2.15. The van der Waals surface area contributed by atoms with Crippen LogP contribution < -0.4 is 14.8 Å². The van der Waals surface area contributed by atoms with E-state index in [0.29, 0.717) is 12.2 Å². The first-order valence-corrected chi connectivity index (χ1v) is 7.45. The number of amides is 1. The summed E-state index contributed by atoms with van der Waals surface area (Å²) in [4.78, 5) is 11.8. The van der Waals surface area contributed by atoms with Crippen LogP contribution >= 0.6 is 0 Å². The fraction of sp³-hybridized carbons (Fsp3) is 0.417. The van der Waals surface area contributed by atoms with Gasteiger partial charge in [-0.15, -0.1) is 0 Å². The number of ether oxygens (including phenoxy) is 1. The molecule has 0 spiro atoms. The Morgan fingerprint density at radius 1 is 1.37 bits per heavy atom. The molecule has 2 N–H and O–H groups in total. The van der Waals surface area contributed by atoms with E-state index in [9.17, 15) is 13.2 Å². The maximum atomic E-state index is 12.0. The quantitative estimate of drug-likeness (QED) is 0.828. The molecule has 0 unspecified atom stereocenters. The third kappa shape index (κ3) is 3.24. The lowest BCUT2D eigenvalue weighted by molar-refractivity contribution is -0.121. The molecule has 7 heteroatoms. The summed E-state index contributed by atoms with van der Waals surface area (Å²) in [7, 11) is -2.32. The van der Waals surface area contributed by atoms with E-state index in [1.807, 2.05) is 0 Å². The van der Waals surface area contributed by atoms with Gasteiger partial charge in [-0.2, -0.15) is 0 Å². The minimum atomic E-state index is -3.82. The zero-order chi connectivity index (χ0) is 13.9. The van der Waals surface area contributed by atoms with E-state index in [1.165, 1.54) is 31.4 Å². The van der Waals surface area contributed by atoms with Gasteiger partial charge in [-0.05, 0) is 43.7 Å². The normalized spacial score (nSPS) is 19.1. The molecule has 2 rings (SSSR count). The summed E-state index contributed by atoms with van der Waals surface area (Å²) >= 11 is 0. The number of benzene rings is 1. The number of hydrogen-bond donors (Lipinski definition) is 2. The van der Waals surface area contributed by atoms with Crippen molar-refractivity contribution in [2.24, 2.45) is 0 Å². The van der Waals surface area contributed by atoms with Crippen molar-refractivity contribution < 1.29 is 17.9 Å². The van der Waals surface area contributed by atoms with Crippen LogP contribution in [0.5, 0.6) is 5.75 Å². The zero-order valence-electron chi connectivity index (χ0n) is 10.5. The fourth-order valence-corrected chi connectivity index (χ4v) is 2.95. The molecular formula is C12H16N2O4S. The molecule has 1 fully saturated rings. The molecule has 6 nitrogen and oxygen atoms in total. The van der Waals surface area contributed by atoms with Crippen LogP contribution in [0.4, 0.5) is 0 Å². The van der Waals surface area contributed by atoms with Crippen LogP contribution in [0.15, 0.2) is 29.2 Å². The van der Waals surface area contributed by atoms with Crippen molar-refractivity contribution in [2.75, 3.05) is 13.7 Å². The Morgan fingerprint density at radius 3 is 2.58 bits per heavy atom. The molecule has 0 bridgehead atoms. The molecule has 0 aromatic heterocycles. The van der Waals surface area contributed by atoms with Gasteiger partial charge in [0.15, 0.2) is 0 Å². The largest absolute Gasteiger partial charge is 0.497 e. The van der Waals surface area contributed by atoms with Crippen molar-refractivity contribution in [2.45, 2.75) is 23.8 Å². The summed E-state index contributed by atoms with van der Waals surface area (Å²) in [6, 6.07) is 5.44. The molecule has 1 saturated heterocycles. The standard InChI is InChI=1S/C12H16N2O4S/c1-18-9-4-6-10(7-5-9)19(16,17)14-12(15)11-3-2-8-13-11/h4-7,11,13H,2-3,8H2,1H3,(H,14,15)/t11-/m0/s1. The first kappa shape index (κ1) is 13.8. The molecular weight excluding hydrogens is 268 g/mol. The molecule has 19 heavy (non-hydrogen) atoms. The number of sulfonamides is 1. The van der Waals surface area contributed by atoms with Gasteiger partial charge in [-0.3, -0.25) is 4.79 Å². The van der Waals surface area contributed by atoms with Crippen molar-refractivity contribution in [1.29, 1.82) is 0 Å². The smallest absolute Gasteiger partial charge is 0.264 e. The van der Waals surface area contributed by atoms with Gasteiger partial charge in [0.05, 0.1) is 18.0 Å². The van der Waals surface area contributed by atoms with E-state index in [-0.39, 0.29) is 4.90 Å². The third-order valence-electron chi connectivity index (χ3n) is 2.98. The Bertz CT molecular complexity index is 548. The maximum absolute atomic E-state index is 12.0. The van der Waals surface area contributed by atoms with E-state index in [0.717, 1.165) is 13.0 Å². The number of carbonyl (C=O) groups is 1. The Morgan fingerprint density at radius 2 is 2.05 bits per heavy atom. The molecule has 1 aliphatic heterocycles. The minimum Gasteiger partial charge on any atom is -0.497 e. The molecule has 1 amide bonds. The fourth-order valence-electron chi connectivity index (χ4n) is 1.93. The summed E-state index contributed by atoms with van der Waals surface area (Å²) in [5, 5.41) is 2.95. The highest BCUT2D eigenvalue weighted by Gasteiger charge is 2.26. The van der Waals surface area contributed by atoms with Crippen molar-refractivity contribution in [3.63, 3.8) is 0 Å². The topological polar surface area (TPSA) is 84.5 Å². The van der Waals surface area contributed by atoms with Crippen LogP contribution in [0.2, 0.25) is 0 Å². The van der Waals surface area contributed by atoms with Gasteiger partial charge in [0.1, 0.15) is 5.75 Å². The Balaban J connectivity index is 2.10.